The van der Waals surface area contributed by atoms with Crippen LogP contribution in [0.4, 0.5) is 4.39 Å². The molecule has 23 heavy (non-hydrogen) atoms. The molecule has 3 rings (SSSR count). The lowest BCUT2D eigenvalue weighted by Gasteiger charge is -2.12. The third-order valence-corrected chi connectivity index (χ3v) is 4.85. The van der Waals surface area contributed by atoms with Crippen molar-refractivity contribution < 1.29 is 14.2 Å². The van der Waals surface area contributed by atoms with Crippen molar-refractivity contribution >= 4 is 11.8 Å². The number of benzene rings is 1. The van der Waals surface area contributed by atoms with E-state index in [0.29, 0.717) is 11.5 Å². The van der Waals surface area contributed by atoms with Crippen LogP contribution in [0.1, 0.15) is 25.1 Å². The van der Waals surface area contributed by atoms with Crippen LogP contribution >= 0.6 is 11.8 Å². The fourth-order valence-corrected chi connectivity index (χ4v) is 3.40. The van der Waals surface area contributed by atoms with Gasteiger partial charge in [0.2, 0.25) is 0 Å². The minimum Gasteiger partial charge on any atom is -0.491 e. The molecule has 1 aliphatic heterocycles. The monoisotopic (exact) mass is 337 g/mol. The molecule has 0 saturated heterocycles. The van der Waals surface area contributed by atoms with Crippen LogP contribution < -0.4 is 4.74 Å². The molecule has 1 aromatic heterocycles. The lowest BCUT2D eigenvalue weighted by atomic mass is 10.2. The number of hydrogen-bond acceptors (Lipinski definition) is 5. The van der Waals surface area contributed by atoms with Crippen molar-refractivity contribution in [2.24, 2.45) is 0 Å². The van der Waals surface area contributed by atoms with Gasteiger partial charge < -0.3 is 14.4 Å². The molecule has 0 bridgehead atoms. The first kappa shape index (κ1) is 16.3. The molecule has 7 heteroatoms. The van der Waals surface area contributed by atoms with Crippen molar-refractivity contribution in [3.63, 3.8) is 0 Å². The van der Waals surface area contributed by atoms with E-state index in [2.05, 4.69) is 14.8 Å². The van der Waals surface area contributed by atoms with Crippen LogP contribution in [0.25, 0.3) is 0 Å². The Labute approximate surface area is 138 Å². The van der Waals surface area contributed by atoms with Crippen LogP contribution in [-0.2, 0) is 13.0 Å². The number of aryl methyl sites for hydroxylation is 1. The number of ether oxygens (including phenoxy) is 1. The third kappa shape index (κ3) is 4.45. The fourth-order valence-electron chi connectivity index (χ4n) is 2.51. The summed E-state index contributed by atoms with van der Waals surface area (Å²) in [6.07, 6.45) is 3.89. The van der Waals surface area contributed by atoms with Crippen LogP contribution in [0.2, 0.25) is 0 Å². The second kappa shape index (κ2) is 7.79. The molecule has 0 spiro atoms. The van der Waals surface area contributed by atoms with Gasteiger partial charge in [0.15, 0.2) is 5.16 Å². The molecule has 2 heterocycles. The smallest absolute Gasteiger partial charge is 0.191 e. The number of aromatic nitrogens is 3. The first-order valence-corrected chi connectivity index (χ1v) is 8.82. The minimum absolute atomic E-state index is 0.166. The number of fused-ring (bicyclic) bond motifs is 1. The fraction of sp³-hybridized carbons (Fsp3) is 0.500. The summed E-state index contributed by atoms with van der Waals surface area (Å²) in [5, 5.41) is 19.4. The zero-order valence-corrected chi connectivity index (χ0v) is 13.6. The van der Waals surface area contributed by atoms with Gasteiger partial charge in [-0.3, -0.25) is 0 Å². The lowest BCUT2D eigenvalue weighted by Crippen LogP contribution is -2.20. The quantitative estimate of drug-likeness (QED) is 0.821. The van der Waals surface area contributed by atoms with E-state index in [4.69, 9.17) is 4.74 Å². The molecule has 1 N–H and O–H groups in total. The summed E-state index contributed by atoms with van der Waals surface area (Å²) < 4.78 is 20.4. The largest absolute Gasteiger partial charge is 0.491 e. The second-order valence-corrected chi connectivity index (χ2v) is 6.58. The summed E-state index contributed by atoms with van der Waals surface area (Å²) in [4.78, 5) is 0. The molecule has 0 fully saturated rings. The Hall–Kier alpha value is -1.60. The van der Waals surface area contributed by atoms with Gasteiger partial charge in [0.1, 0.15) is 24.0 Å². The van der Waals surface area contributed by atoms with E-state index < -0.39 is 6.10 Å². The number of nitrogens with zero attached hydrogens (tertiary/aromatic N) is 3. The molecule has 1 atom stereocenters. The highest BCUT2D eigenvalue weighted by molar-refractivity contribution is 7.99. The van der Waals surface area contributed by atoms with Crippen LogP contribution in [0.5, 0.6) is 5.75 Å². The lowest BCUT2D eigenvalue weighted by molar-refractivity contribution is 0.126. The van der Waals surface area contributed by atoms with Crippen LogP contribution in [0.3, 0.4) is 0 Å². The second-order valence-electron chi connectivity index (χ2n) is 5.59. The third-order valence-electron chi connectivity index (χ3n) is 3.74. The van der Waals surface area contributed by atoms with Gasteiger partial charge >= 0.3 is 0 Å². The summed E-state index contributed by atoms with van der Waals surface area (Å²) >= 11 is 1.50. The first-order chi connectivity index (χ1) is 11.2. The van der Waals surface area contributed by atoms with Crippen molar-refractivity contribution in [1.82, 2.24) is 14.8 Å². The van der Waals surface area contributed by atoms with E-state index in [-0.39, 0.29) is 12.4 Å². The van der Waals surface area contributed by atoms with Gasteiger partial charge in [-0.25, -0.2) is 4.39 Å². The zero-order chi connectivity index (χ0) is 16.1. The maximum absolute atomic E-state index is 12.8. The van der Waals surface area contributed by atoms with E-state index in [9.17, 15) is 9.50 Å². The van der Waals surface area contributed by atoms with Crippen molar-refractivity contribution in [3.8, 4) is 5.75 Å². The minimum atomic E-state index is -0.621. The predicted molar refractivity (Wildman–Crippen MR) is 86.2 cm³/mol. The topological polar surface area (TPSA) is 60.2 Å². The Morgan fingerprint density at radius 1 is 1.22 bits per heavy atom. The van der Waals surface area contributed by atoms with Gasteiger partial charge in [0.25, 0.3) is 0 Å². The van der Waals surface area contributed by atoms with E-state index in [1.807, 2.05) is 0 Å². The van der Waals surface area contributed by atoms with Gasteiger partial charge in [-0.05, 0) is 37.1 Å². The Morgan fingerprint density at radius 2 is 2.04 bits per heavy atom. The van der Waals surface area contributed by atoms with Crippen molar-refractivity contribution in [2.75, 3.05) is 12.4 Å². The molecule has 0 amide bonds. The van der Waals surface area contributed by atoms with Crippen molar-refractivity contribution in [2.45, 2.75) is 43.5 Å². The average Bonchev–Trinajstić information content (AvgIpc) is 2.79. The van der Waals surface area contributed by atoms with E-state index in [0.717, 1.165) is 36.8 Å². The summed E-state index contributed by atoms with van der Waals surface area (Å²) in [7, 11) is 0. The first-order valence-electron chi connectivity index (χ1n) is 7.83. The molecule has 0 aliphatic carbocycles. The molecule has 1 unspecified atom stereocenters. The molecule has 5 nitrogen and oxygen atoms in total. The van der Waals surface area contributed by atoms with E-state index in [1.54, 1.807) is 12.1 Å². The van der Waals surface area contributed by atoms with Crippen molar-refractivity contribution in [1.29, 1.82) is 0 Å². The molecular weight excluding hydrogens is 317 g/mol. The Bertz CT molecular complexity index is 633. The summed E-state index contributed by atoms with van der Waals surface area (Å²) in [5.41, 5.74) is 0. The maximum atomic E-state index is 12.8. The average molecular weight is 337 g/mol. The molecule has 0 radical (unpaired) electrons. The SMILES string of the molecule is OC(COc1ccc(F)cc1)CSc1nnc2n1CCCCC2. The van der Waals surface area contributed by atoms with Gasteiger partial charge in [0, 0.05) is 18.7 Å². The van der Waals surface area contributed by atoms with Gasteiger partial charge in [-0.2, -0.15) is 0 Å². The normalized spacial score (nSPS) is 15.7. The molecule has 2 aromatic rings. The van der Waals surface area contributed by atoms with Crippen LogP contribution in [-0.4, -0.2) is 38.3 Å². The summed E-state index contributed by atoms with van der Waals surface area (Å²) in [6.45, 7) is 1.12. The number of aliphatic hydroxyl groups is 1. The highest BCUT2D eigenvalue weighted by Gasteiger charge is 2.16. The molecular formula is C16H20FN3O2S. The number of thioether (sulfide) groups is 1. The number of hydrogen-bond donors (Lipinski definition) is 1. The Balaban J connectivity index is 1.48. The molecule has 1 aromatic carbocycles. The van der Waals surface area contributed by atoms with Crippen LogP contribution in [0.15, 0.2) is 29.4 Å². The van der Waals surface area contributed by atoms with Gasteiger partial charge in [-0.1, -0.05) is 18.2 Å². The zero-order valence-electron chi connectivity index (χ0n) is 12.8. The number of aliphatic hydroxyl groups excluding tert-OH is 1. The number of halogens is 1. The highest BCUT2D eigenvalue weighted by Crippen LogP contribution is 2.22. The molecule has 0 saturated carbocycles. The van der Waals surface area contributed by atoms with E-state index in [1.165, 1.54) is 30.3 Å². The summed E-state index contributed by atoms with van der Waals surface area (Å²) in [5.74, 6) is 1.77. The van der Waals surface area contributed by atoms with Gasteiger partial charge in [0.05, 0.1) is 6.10 Å². The van der Waals surface area contributed by atoms with E-state index >= 15 is 0 Å². The number of rotatable bonds is 6. The van der Waals surface area contributed by atoms with Crippen molar-refractivity contribution in [3.05, 3.63) is 35.9 Å². The molecule has 1 aliphatic rings. The summed E-state index contributed by atoms with van der Waals surface area (Å²) in [6, 6.07) is 5.77. The van der Waals surface area contributed by atoms with Gasteiger partial charge in [-0.15, -0.1) is 10.2 Å². The highest BCUT2D eigenvalue weighted by atomic mass is 32.2. The standard InChI is InChI=1S/C16H20FN3O2S/c17-12-5-7-14(8-6-12)22-10-13(21)11-23-16-19-18-15-4-2-1-3-9-20(15)16/h5-8,13,21H,1-4,9-11H2. The maximum Gasteiger partial charge on any atom is 0.191 e. The Morgan fingerprint density at radius 3 is 2.87 bits per heavy atom. The predicted octanol–water partition coefficient (Wildman–Crippen LogP) is 2.68. The Kier molecular flexibility index (Phi) is 5.51. The molecule has 124 valence electrons. The van der Waals surface area contributed by atoms with Crippen LogP contribution in [0, 0.1) is 5.82 Å².